The monoisotopic (exact) mass is 165 g/mol. The highest BCUT2D eigenvalue weighted by atomic mass is 15.2. The van der Waals surface area contributed by atoms with Crippen molar-refractivity contribution in [1.29, 1.82) is 0 Å². The summed E-state index contributed by atoms with van der Waals surface area (Å²) in [6.45, 7) is 2.46. The zero-order valence-corrected chi connectivity index (χ0v) is 8.16. The average Bonchev–Trinajstić information content (AvgIpc) is 2.48. The van der Waals surface area contributed by atoms with E-state index in [2.05, 4.69) is 18.9 Å². The quantitative estimate of drug-likeness (QED) is 0.531. The molecule has 3 rings (SSSR count). The molecule has 1 saturated carbocycles. The maximum atomic E-state index is 2.70. The molecule has 68 valence electrons. The van der Waals surface area contributed by atoms with Crippen LogP contribution in [0.25, 0.3) is 0 Å². The summed E-state index contributed by atoms with van der Waals surface area (Å²) >= 11 is 0. The Hall–Kier alpha value is -0.0400. The van der Waals surface area contributed by atoms with E-state index in [4.69, 9.17) is 0 Å². The Balaban J connectivity index is 1.97. The third-order valence-electron chi connectivity index (χ3n) is 4.73. The summed E-state index contributed by atoms with van der Waals surface area (Å²) in [5, 5.41) is 0. The molecular formula is C11H19N. The second kappa shape index (κ2) is 2.25. The van der Waals surface area contributed by atoms with Crippen LogP contribution in [0.5, 0.6) is 0 Å². The smallest absolute Gasteiger partial charge is 0.0150 e. The number of piperidine rings is 1. The first-order valence-corrected chi connectivity index (χ1v) is 5.49. The lowest BCUT2D eigenvalue weighted by molar-refractivity contribution is 0.104. The topological polar surface area (TPSA) is 3.24 Å². The lowest BCUT2D eigenvalue weighted by Gasteiger charge is -2.37. The maximum absolute atomic E-state index is 2.70. The van der Waals surface area contributed by atoms with Gasteiger partial charge in [0.15, 0.2) is 0 Å². The maximum Gasteiger partial charge on any atom is 0.0150 e. The zero-order valence-electron chi connectivity index (χ0n) is 8.16. The van der Waals surface area contributed by atoms with Crippen molar-refractivity contribution in [2.75, 3.05) is 7.05 Å². The van der Waals surface area contributed by atoms with Crippen LogP contribution in [0.2, 0.25) is 0 Å². The molecule has 1 aliphatic carbocycles. The van der Waals surface area contributed by atoms with Gasteiger partial charge in [-0.3, -0.25) is 4.90 Å². The molecule has 0 aromatic heterocycles. The van der Waals surface area contributed by atoms with Gasteiger partial charge in [0.05, 0.1) is 0 Å². The van der Waals surface area contributed by atoms with Gasteiger partial charge in [0, 0.05) is 12.1 Å². The van der Waals surface area contributed by atoms with Gasteiger partial charge in [0.25, 0.3) is 0 Å². The number of fused-ring (bicyclic) bond motifs is 6. The van der Waals surface area contributed by atoms with Gasteiger partial charge in [0.1, 0.15) is 0 Å². The molecule has 3 fully saturated rings. The van der Waals surface area contributed by atoms with Crippen molar-refractivity contribution in [2.24, 2.45) is 17.8 Å². The van der Waals surface area contributed by atoms with E-state index >= 15 is 0 Å². The van der Waals surface area contributed by atoms with Crippen molar-refractivity contribution in [2.45, 2.75) is 44.7 Å². The van der Waals surface area contributed by atoms with Gasteiger partial charge in [-0.05, 0) is 50.5 Å². The molecule has 0 N–H and O–H groups in total. The molecule has 3 aliphatic rings. The van der Waals surface area contributed by atoms with Gasteiger partial charge in [-0.1, -0.05) is 6.92 Å². The molecule has 1 nitrogen and oxygen atoms in total. The van der Waals surface area contributed by atoms with Crippen LogP contribution >= 0.6 is 0 Å². The highest BCUT2D eigenvalue weighted by molar-refractivity contribution is 5.05. The average molecular weight is 165 g/mol. The molecule has 2 heterocycles. The molecule has 12 heavy (non-hydrogen) atoms. The van der Waals surface area contributed by atoms with Gasteiger partial charge >= 0.3 is 0 Å². The predicted molar refractivity (Wildman–Crippen MR) is 50.0 cm³/mol. The summed E-state index contributed by atoms with van der Waals surface area (Å²) in [6, 6.07) is 1.91. The minimum atomic E-state index is 0.953. The van der Waals surface area contributed by atoms with Crippen LogP contribution in [-0.4, -0.2) is 24.0 Å². The Morgan fingerprint density at radius 3 is 2.67 bits per heavy atom. The van der Waals surface area contributed by atoms with Crippen molar-refractivity contribution < 1.29 is 0 Å². The normalized spacial score (nSPS) is 58.0. The summed E-state index contributed by atoms with van der Waals surface area (Å²) in [6.07, 6.45) is 6.11. The van der Waals surface area contributed by atoms with E-state index < -0.39 is 0 Å². The van der Waals surface area contributed by atoms with Crippen molar-refractivity contribution >= 4 is 0 Å². The van der Waals surface area contributed by atoms with E-state index in [1.54, 1.807) is 6.42 Å². The van der Waals surface area contributed by atoms with Crippen LogP contribution in [0.15, 0.2) is 0 Å². The van der Waals surface area contributed by atoms with Gasteiger partial charge in [-0.15, -0.1) is 0 Å². The minimum absolute atomic E-state index is 0.953. The molecule has 5 unspecified atom stereocenters. The highest BCUT2D eigenvalue weighted by Gasteiger charge is 2.51. The fourth-order valence-electron chi connectivity index (χ4n) is 4.34. The first kappa shape index (κ1) is 7.37. The Labute approximate surface area is 75.1 Å². The Bertz CT molecular complexity index is 199. The first-order valence-electron chi connectivity index (χ1n) is 5.49. The van der Waals surface area contributed by atoms with Crippen LogP contribution in [0.3, 0.4) is 0 Å². The largest absolute Gasteiger partial charge is 0.300 e. The van der Waals surface area contributed by atoms with E-state index in [0.29, 0.717) is 0 Å². The third kappa shape index (κ3) is 0.736. The number of rotatable bonds is 0. The Morgan fingerprint density at radius 1 is 1.08 bits per heavy atom. The molecule has 4 bridgehead atoms. The van der Waals surface area contributed by atoms with E-state index in [1.165, 1.54) is 19.3 Å². The molecule has 2 aliphatic heterocycles. The van der Waals surface area contributed by atoms with Crippen molar-refractivity contribution in [3.63, 3.8) is 0 Å². The molecule has 1 heteroatoms. The number of nitrogens with zero attached hydrogens (tertiary/aromatic N) is 1. The fraction of sp³-hybridized carbons (Fsp3) is 1.00. The Kier molecular flexibility index (Phi) is 1.39. The second-order valence-corrected chi connectivity index (χ2v) is 5.27. The standard InChI is InChI=1S/C11H19N/c1-7-5-10-8-3-4-9(6-8)11(7)12(10)2/h7-11H,3-6H2,1-2H3. The molecule has 0 aromatic rings. The summed E-state index contributed by atoms with van der Waals surface area (Å²) in [7, 11) is 2.36. The second-order valence-electron chi connectivity index (χ2n) is 5.27. The summed E-state index contributed by atoms with van der Waals surface area (Å²) in [4.78, 5) is 2.70. The lowest BCUT2D eigenvalue weighted by Crippen LogP contribution is -2.44. The van der Waals surface area contributed by atoms with Crippen molar-refractivity contribution in [3.8, 4) is 0 Å². The lowest BCUT2D eigenvalue weighted by atomic mass is 9.89. The molecule has 0 radical (unpaired) electrons. The molecule has 0 spiro atoms. The van der Waals surface area contributed by atoms with Crippen LogP contribution in [-0.2, 0) is 0 Å². The van der Waals surface area contributed by atoms with E-state index in [9.17, 15) is 0 Å². The Morgan fingerprint density at radius 2 is 1.83 bits per heavy atom. The van der Waals surface area contributed by atoms with Gasteiger partial charge in [-0.25, -0.2) is 0 Å². The minimum Gasteiger partial charge on any atom is -0.300 e. The summed E-state index contributed by atoms with van der Waals surface area (Å²) in [5.74, 6) is 3.12. The van der Waals surface area contributed by atoms with Crippen LogP contribution in [0.1, 0.15) is 32.6 Å². The van der Waals surface area contributed by atoms with E-state index in [-0.39, 0.29) is 0 Å². The van der Waals surface area contributed by atoms with Crippen LogP contribution in [0, 0.1) is 17.8 Å². The highest BCUT2D eigenvalue weighted by Crippen LogP contribution is 2.52. The zero-order chi connectivity index (χ0) is 8.29. The molecule has 5 atom stereocenters. The van der Waals surface area contributed by atoms with E-state index in [1.807, 2.05) is 0 Å². The molecule has 2 saturated heterocycles. The van der Waals surface area contributed by atoms with Gasteiger partial charge < -0.3 is 0 Å². The van der Waals surface area contributed by atoms with Crippen LogP contribution in [0.4, 0.5) is 0 Å². The fourth-order valence-corrected chi connectivity index (χ4v) is 4.34. The first-order chi connectivity index (χ1) is 5.77. The summed E-state index contributed by atoms with van der Waals surface area (Å²) in [5.41, 5.74) is 0. The van der Waals surface area contributed by atoms with Crippen molar-refractivity contribution in [3.05, 3.63) is 0 Å². The van der Waals surface area contributed by atoms with Crippen LogP contribution < -0.4 is 0 Å². The predicted octanol–water partition coefficient (Wildman–Crippen LogP) is 2.13. The third-order valence-corrected chi connectivity index (χ3v) is 4.73. The number of hydrogen-bond acceptors (Lipinski definition) is 1. The van der Waals surface area contributed by atoms with Crippen molar-refractivity contribution in [1.82, 2.24) is 4.90 Å². The molecule has 0 amide bonds. The van der Waals surface area contributed by atoms with E-state index in [0.717, 1.165) is 29.8 Å². The van der Waals surface area contributed by atoms with Gasteiger partial charge in [0.2, 0.25) is 0 Å². The number of hydrogen-bond donors (Lipinski definition) is 0. The SMILES string of the molecule is CC1CC2C3CCC(C3)C1N2C. The summed E-state index contributed by atoms with van der Waals surface area (Å²) < 4.78 is 0. The van der Waals surface area contributed by atoms with Gasteiger partial charge in [-0.2, -0.15) is 0 Å². The molecular weight excluding hydrogens is 146 g/mol. The molecule has 0 aromatic carbocycles.